The van der Waals surface area contributed by atoms with E-state index in [0.29, 0.717) is 34.4 Å². The van der Waals surface area contributed by atoms with Crippen molar-refractivity contribution in [1.82, 2.24) is 15.1 Å². The first kappa shape index (κ1) is 19.4. The van der Waals surface area contributed by atoms with Gasteiger partial charge in [0.1, 0.15) is 0 Å². The number of carbonyl (C=O) groups is 1. The van der Waals surface area contributed by atoms with E-state index in [2.05, 4.69) is 10.2 Å². The van der Waals surface area contributed by atoms with E-state index in [1.54, 1.807) is 38.3 Å². The first-order chi connectivity index (χ1) is 14.6. The SMILES string of the molecule is COc1ccc(-c2nnc(CN(C)C(=O)c3ccc4ccccc4c3)o2)cc1OC. The zero-order valence-corrected chi connectivity index (χ0v) is 17.0. The molecule has 3 aromatic carbocycles. The van der Waals surface area contributed by atoms with Crippen LogP contribution in [-0.2, 0) is 6.54 Å². The first-order valence-electron chi connectivity index (χ1n) is 9.38. The summed E-state index contributed by atoms with van der Waals surface area (Å²) in [6.07, 6.45) is 0. The molecule has 0 fully saturated rings. The fourth-order valence-electron chi connectivity index (χ4n) is 3.22. The fraction of sp³-hybridized carbons (Fsp3) is 0.174. The molecule has 152 valence electrons. The number of hydrogen-bond donors (Lipinski definition) is 0. The Bertz CT molecular complexity index is 1200. The highest BCUT2D eigenvalue weighted by atomic mass is 16.5. The van der Waals surface area contributed by atoms with E-state index in [4.69, 9.17) is 13.9 Å². The van der Waals surface area contributed by atoms with E-state index in [1.165, 1.54) is 0 Å². The Morgan fingerprint density at radius 3 is 2.47 bits per heavy atom. The second-order valence-electron chi connectivity index (χ2n) is 6.79. The van der Waals surface area contributed by atoms with E-state index in [-0.39, 0.29) is 12.5 Å². The van der Waals surface area contributed by atoms with E-state index in [1.807, 2.05) is 48.5 Å². The summed E-state index contributed by atoms with van der Waals surface area (Å²) in [7, 11) is 4.84. The summed E-state index contributed by atoms with van der Waals surface area (Å²) in [5, 5.41) is 10.3. The van der Waals surface area contributed by atoms with Crippen LogP contribution in [0, 0.1) is 0 Å². The predicted molar refractivity (Wildman–Crippen MR) is 113 cm³/mol. The molecule has 1 aromatic heterocycles. The lowest BCUT2D eigenvalue weighted by molar-refractivity contribution is 0.0773. The van der Waals surface area contributed by atoms with Gasteiger partial charge in [0.15, 0.2) is 11.5 Å². The van der Waals surface area contributed by atoms with Crippen molar-refractivity contribution in [2.45, 2.75) is 6.54 Å². The highest BCUT2D eigenvalue weighted by molar-refractivity contribution is 5.98. The molecule has 0 saturated heterocycles. The Hall–Kier alpha value is -3.87. The Kier molecular flexibility index (Phi) is 5.34. The monoisotopic (exact) mass is 403 g/mol. The van der Waals surface area contributed by atoms with Gasteiger partial charge >= 0.3 is 0 Å². The molecular weight excluding hydrogens is 382 g/mol. The molecule has 30 heavy (non-hydrogen) atoms. The van der Waals surface area contributed by atoms with Gasteiger partial charge in [0, 0.05) is 18.2 Å². The highest BCUT2D eigenvalue weighted by Crippen LogP contribution is 2.31. The maximum atomic E-state index is 12.8. The number of benzene rings is 3. The molecule has 1 amide bonds. The van der Waals surface area contributed by atoms with Gasteiger partial charge in [-0.2, -0.15) is 0 Å². The molecule has 7 nitrogen and oxygen atoms in total. The average molecular weight is 403 g/mol. The molecular formula is C23H21N3O4. The fourth-order valence-corrected chi connectivity index (χ4v) is 3.22. The number of amides is 1. The van der Waals surface area contributed by atoms with Gasteiger partial charge in [-0.15, -0.1) is 10.2 Å². The third-order valence-electron chi connectivity index (χ3n) is 4.81. The number of methoxy groups -OCH3 is 2. The van der Waals surface area contributed by atoms with Gasteiger partial charge in [-0.25, -0.2) is 0 Å². The van der Waals surface area contributed by atoms with Gasteiger partial charge in [0.2, 0.25) is 11.8 Å². The quantitative estimate of drug-likeness (QED) is 0.481. The van der Waals surface area contributed by atoms with Crippen LogP contribution in [0.15, 0.2) is 65.1 Å². The average Bonchev–Trinajstić information content (AvgIpc) is 3.26. The van der Waals surface area contributed by atoms with Gasteiger partial charge in [0.25, 0.3) is 5.91 Å². The van der Waals surface area contributed by atoms with Gasteiger partial charge < -0.3 is 18.8 Å². The molecule has 0 aliphatic carbocycles. The molecule has 0 N–H and O–H groups in total. The summed E-state index contributed by atoms with van der Waals surface area (Å²) in [5.41, 5.74) is 1.31. The summed E-state index contributed by atoms with van der Waals surface area (Å²) in [6, 6.07) is 18.9. The van der Waals surface area contributed by atoms with Crippen molar-refractivity contribution in [2.75, 3.05) is 21.3 Å². The lowest BCUT2D eigenvalue weighted by atomic mass is 10.1. The van der Waals surface area contributed by atoms with Crippen molar-refractivity contribution >= 4 is 16.7 Å². The van der Waals surface area contributed by atoms with Crippen LogP contribution in [0.5, 0.6) is 11.5 Å². The third kappa shape index (κ3) is 3.82. The zero-order valence-electron chi connectivity index (χ0n) is 17.0. The van der Waals surface area contributed by atoms with Gasteiger partial charge in [-0.3, -0.25) is 4.79 Å². The molecule has 0 bridgehead atoms. The second-order valence-corrected chi connectivity index (χ2v) is 6.79. The van der Waals surface area contributed by atoms with Crippen LogP contribution in [0.25, 0.3) is 22.2 Å². The summed E-state index contributed by atoms with van der Waals surface area (Å²) in [5.74, 6) is 1.75. The number of hydrogen-bond acceptors (Lipinski definition) is 6. The van der Waals surface area contributed by atoms with Crippen LogP contribution in [0.2, 0.25) is 0 Å². The number of rotatable bonds is 6. The lowest BCUT2D eigenvalue weighted by Crippen LogP contribution is -2.26. The first-order valence-corrected chi connectivity index (χ1v) is 9.38. The molecule has 0 radical (unpaired) electrons. The molecule has 0 spiro atoms. The van der Waals surface area contributed by atoms with Crippen molar-refractivity contribution < 1.29 is 18.7 Å². The van der Waals surface area contributed by atoms with E-state index < -0.39 is 0 Å². The Morgan fingerprint density at radius 1 is 0.933 bits per heavy atom. The maximum absolute atomic E-state index is 12.8. The minimum Gasteiger partial charge on any atom is -0.493 e. The number of aromatic nitrogens is 2. The Labute approximate surface area is 173 Å². The number of ether oxygens (including phenoxy) is 2. The minimum atomic E-state index is -0.119. The Morgan fingerprint density at radius 2 is 1.70 bits per heavy atom. The zero-order chi connectivity index (χ0) is 21.1. The van der Waals surface area contributed by atoms with Crippen LogP contribution in [-0.4, -0.2) is 42.3 Å². The molecule has 7 heteroatoms. The van der Waals surface area contributed by atoms with Gasteiger partial charge in [-0.05, 0) is 41.1 Å². The van der Waals surface area contributed by atoms with E-state index in [9.17, 15) is 4.79 Å². The molecule has 0 aliphatic heterocycles. The third-order valence-corrected chi connectivity index (χ3v) is 4.81. The van der Waals surface area contributed by atoms with E-state index >= 15 is 0 Å². The molecule has 0 aliphatic rings. The van der Waals surface area contributed by atoms with Crippen molar-refractivity contribution in [2.24, 2.45) is 0 Å². The maximum Gasteiger partial charge on any atom is 0.254 e. The van der Waals surface area contributed by atoms with Crippen molar-refractivity contribution in [3.8, 4) is 23.0 Å². The lowest BCUT2D eigenvalue weighted by Gasteiger charge is -2.15. The molecule has 0 atom stereocenters. The normalized spacial score (nSPS) is 10.8. The summed E-state index contributed by atoms with van der Waals surface area (Å²) in [4.78, 5) is 14.4. The minimum absolute atomic E-state index is 0.119. The molecule has 4 rings (SSSR count). The predicted octanol–water partition coefficient (Wildman–Crippen LogP) is 4.18. The van der Waals surface area contributed by atoms with Crippen molar-refractivity contribution in [3.05, 3.63) is 72.1 Å². The second kappa shape index (κ2) is 8.24. The summed E-state index contributed by atoms with van der Waals surface area (Å²) in [6.45, 7) is 0.200. The standard InChI is InChI=1S/C23H21N3O4/c1-26(23(27)18-9-8-15-6-4-5-7-16(15)12-18)14-21-24-25-22(30-21)17-10-11-19(28-2)20(13-17)29-3/h4-13H,14H2,1-3H3. The van der Waals surface area contributed by atoms with E-state index in [0.717, 1.165) is 10.8 Å². The summed E-state index contributed by atoms with van der Waals surface area (Å²) < 4.78 is 16.3. The van der Waals surface area contributed by atoms with Gasteiger partial charge in [0.05, 0.1) is 20.8 Å². The molecule has 0 unspecified atom stereocenters. The number of nitrogens with zero attached hydrogens (tertiary/aromatic N) is 3. The Balaban J connectivity index is 1.50. The van der Waals surface area contributed by atoms with Crippen molar-refractivity contribution in [1.29, 1.82) is 0 Å². The van der Waals surface area contributed by atoms with Crippen LogP contribution >= 0.6 is 0 Å². The highest BCUT2D eigenvalue weighted by Gasteiger charge is 2.17. The topological polar surface area (TPSA) is 77.7 Å². The number of fused-ring (bicyclic) bond motifs is 1. The molecule has 4 aromatic rings. The smallest absolute Gasteiger partial charge is 0.254 e. The van der Waals surface area contributed by atoms with Crippen molar-refractivity contribution in [3.63, 3.8) is 0 Å². The molecule has 0 saturated carbocycles. The van der Waals surface area contributed by atoms with Crippen LogP contribution in [0.3, 0.4) is 0 Å². The summed E-state index contributed by atoms with van der Waals surface area (Å²) >= 11 is 0. The molecule has 1 heterocycles. The van der Waals surface area contributed by atoms with Crippen LogP contribution < -0.4 is 9.47 Å². The number of carbonyl (C=O) groups excluding carboxylic acids is 1. The van der Waals surface area contributed by atoms with Crippen LogP contribution in [0.4, 0.5) is 0 Å². The largest absolute Gasteiger partial charge is 0.493 e. The van der Waals surface area contributed by atoms with Crippen LogP contribution in [0.1, 0.15) is 16.2 Å². The van der Waals surface area contributed by atoms with Gasteiger partial charge in [-0.1, -0.05) is 30.3 Å².